The Morgan fingerprint density at radius 2 is 0.929 bits per heavy atom. The van der Waals surface area contributed by atoms with Gasteiger partial charge in [-0.3, -0.25) is 0 Å². The third-order valence-corrected chi connectivity index (χ3v) is 5.01. The lowest BCUT2D eigenvalue weighted by molar-refractivity contribution is -0.390. The maximum Gasteiger partial charge on any atom is 0.493 e. The summed E-state index contributed by atoms with van der Waals surface area (Å²) in [5.74, 6) is 0. The molecule has 0 aliphatic heterocycles. The van der Waals surface area contributed by atoms with E-state index in [0.29, 0.717) is 0 Å². The highest BCUT2D eigenvalue weighted by Crippen LogP contribution is 2.22. The van der Waals surface area contributed by atoms with E-state index in [2.05, 4.69) is 26.7 Å². The first-order chi connectivity index (χ1) is 13.7. The van der Waals surface area contributed by atoms with Crippen LogP contribution in [0.15, 0.2) is 38.5 Å². The Balaban J connectivity index is 3.71. The number of rotatable bonds is 22. The first-order valence-electron chi connectivity index (χ1n) is 11.2. The van der Waals surface area contributed by atoms with Crippen molar-refractivity contribution in [3.63, 3.8) is 0 Å². The molecular weight excluding hydrogens is 350 g/mol. The monoisotopic (exact) mass is 395 g/mol. The second-order valence-corrected chi connectivity index (χ2v) is 7.40. The van der Waals surface area contributed by atoms with Crippen LogP contribution >= 0.6 is 0 Å². The van der Waals surface area contributed by atoms with Crippen LogP contribution in [0.2, 0.25) is 0 Å². The molecule has 0 aliphatic carbocycles. The molecule has 0 aromatic heterocycles. The molecule has 0 amide bonds. The molecule has 0 atom stereocenters. The number of ether oxygens (including phenoxy) is 3. The van der Waals surface area contributed by atoms with Crippen LogP contribution in [0.1, 0.15) is 96.8 Å². The van der Waals surface area contributed by atoms with Crippen molar-refractivity contribution >= 4 is 0 Å². The summed E-state index contributed by atoms with van der Waals surface area (Å²) in [6, 6.07) is 0. The summed E-state index contributed by atoms with van der Waals surface area (Å²) in [6.45, 7) is 13.8. The molecule has 0 saturated heterocycles. The van der Waals surface area contributed by atoms with Gasteiger partial charge in [0.15, 0.2) is 0 Å². The van der Waals surface area contributed by atoms with Crippen LogP contribution in [-0.2, 0) is 14.2 Å². The molecule has 28 heavy (non-hydrogen) atoms. The second kappa shape index (κ2) is 18.9. The van der Waals surface area contributed by atoms with Crippen molar-refractivity contribution in [2.24, 2.45) is 0 Å². The minimum Gasteiger partial charge on any atom is -0.416 e. The van der Waals surface area contributed by atoms with E-state index in [1.807, 2.05) is 11.9 Å². The number of hydrogen-bond donors (Lipinski definition) is 0. The number of hydrogen-bond acceptors (Lipinski definition) is 4. The lowest BCUT2D eigenvalue weighted by Gasteiger charge is -2.36. The lowest BCUT2D eigenvalue weighted by Crippen LogP contribution is -2.50. The zero-order valence-electron chi connectivity index (χ0n) is 18.6. The third kappa shape index (κ3) is 12.9. The van der Waals surface area contributed by atoms with E-state index in [0.717, 1.165) is 13.0 Å². The van der Waals surface area contributed by atoms with Crippen LogP contribution in [0.25, 0.3) is 0 Å². The van der Waals surface area contributed by atoms with E-state index in [1.165, 1.54) is 102 Å². The van der Waals surface area contributed by atoms with Crippen molar-refractivity contribution in [2.75, 3.05) is 13.6 Å². The molecule has 0 aromatic rings. The van der Waals surface area contributed by atoms with E-state index < -0.39 is 6.10 Å². The van der Waals surface area contributed by atoms with Gasteiger partial charge in [0.25, 0.3) is 0 Å². The van der Waals surface area contributed by atoms with Crippen LogP contribution in [0, 0.1) is 0 Å². The average Bonchev–Trinajstić information content (AvgIpc) is 2.68. The molecule has 0 N–H and O–H groups in total. The molecule has 0 spiro atoms. The summed E-state index contributed by atoms with van der Waals surface area (Å²) in [5.41, 5.74) is 0. The number of nitrogens with zero attached hydrogens (tertiary/aromatic N) is 1. The van der Waals surface area contributed by atoms with Crippen LogP contribution in [0.5, 0.6) is 0 Å². The van der Waals surface area contributed by atoms with Gasteiger partial charge in [-0.15, -0.1) is 0 Å². The van der Waals surface area contributed by atoms with Crippen LogP contribution in [-0.4, -0.2) is 24.6 Å². The van der Waals surface area contributed by atoms with Gasteiger partial charge in [-0.25, -0.2) is 0 Å². The van der Waals surface area contributed by atoms with E-state index in [1.54, 1.807) is 0 Å². The zero-order chi connectivity index (χ0) is 20.9. The van der Waals surface area contributed by atoms with Gasteiger partial charge in [0.1, 0.15) is 0 Å². The largest absolute Gasteiger partial charge is 0.493 e. The summed E-state index contributed by atoms with van der Waals surface area (Å²) in [4.78, 5) is 1.86. The van der Waals surface area contributed by atoms with E-state index in [4.69, 9.17) is 14.2 Å². The van der Waals surface area contributed by atoms with Crippen molar-refractivity contribution in [3.8, 4) is 0 Å². The smallest absolute Gasteiger partial charge is 0.416 e. The lowest BCUT2D eigenvalue weighted by atomic mass is 10.0. The minimum atomic E-state index is -1.37. The molecule has 0 saturated carbocycles. The van der Waals surface area contributed by atoms with Gasteiger partial charge < -0.3 is 14.2 Å². The highest BCUT2D eigenvalue weighted by Gasteiger charge is 2.40. The summed E-state index contributed by atoms with van der Waals surface area (Å²) in [5, 5.41) is 0. The molecule has 0 aliphatic rings. The summed E-state index contributed by atoms with van der Waals surface area (Å²) in [6.07, 6.45) is 21.3. The summed E-state index contributed by atoms with van der Waals surface area (Å²) >= 11 is 0. The molecule has 4 heteroatoms. The van der Waals surface area contributed by atoms with Gasteiger partial charge in [-0.2, -0.15) is 4.90 Å². The van der Waals surface area contributed by atoms with Crippen LogP contribution < -0.4 is 0 Å². The fraction of sp³-hybridized carbons (Fsp3) is 0.750. The van der Waals surface area contributed by atoms with Crippen LogP contribution in [0.4, 0.5) is 0 Å². The maximum absolute atomic E-state index is 5.44. The Hall–Kier alpha value is -1.42. The van der Waals surface area contributed by atoms with E-state index in [-0.39, 0.29) is 0 Å². The average molecular weight is 396 g/mol. The van der Waals surface area contributed by atoms with Gasteiger partial charge in [-0.05, 0) is 13.5 Å². The molecule has 0 rings (SSSR count). The topological polar surface area (TPSA) is 30.9 Å². The van der Waals surface area contributed by atoms with E-state index in [9.17, 15) is 0 Å². The van der Waals surface area contributed by atoms with Crippen LogP contribution in [0.3, 0.4) is 0 Å². The normalized spacial score (nSPS) is 11.2. The highest BCUT2D eigenvalue weighted by atomic mass is 16.9. The third-order valence-electron chi connectivity index (χ3n) is 5.01. The summed E-state index contributed by atoms with van der Waals surface area (Å²) in [7, 11) is 1.89. The van der Waals surface area contributed by atoms with Gasteiger partial charge in [0, 0.05) is 6.54 Å². The van der Waals surface area contributed by atoms with Crippen molar-refractivity contribution in [1.82, 2.24) is 4.90 Å². The molecular formula is C24H45NO3. The van der Waals surface area contributed by atoms with Gasteiger partial charge in [0.2, 0.25) is 0 Å². The fourth-order valence-electron chi connectivity index (χ4n) is 3.35. The summed E-state index contributed by atoms with van der Waals surface area (Å²) < 4.78 is 16.3. The van der Waals surface area contributed by atoms with Crippen molar-refractivity contribution in [2.45, 2.75) is 103 Å². The molecule has 0 unspecified atom stereocenters. The number of unbranched alkanes of at least 4 members (excludes halogenated alkanes) is 13. The Morgan fingerprint density at radius 3 is 1.25 bits per heavy atom. The molecule has 0 aromatic carbocycles. The highest BCUT2D eigenvalue weighted by molar-refractivity contribution is 4.70. The predicted octanol–water partition coefficient (Wildman–Crippen LogP) is 7.49. The second-order valence-electron chi connectivity index (χ2n) is 7.40. The van der Waals surface area contributed by atoms with Crippen molar-refractivity contribution in [1.29, 1.82) is 0 Å². The molecule has 0 radical (unpaired) electrons. The standard InChI is InChI=1S/C24H45NO3/c1-6-10-11-12-13-14-15-16-17-18-19-20-21-22-23-25(5)24(26-7-2,27-8-3)28-9-4/h7-9H,2-4,6,10-23H2,1,5H3. The SMILES string of the molecule is C=COC(OC=C)(OC=C)N(C)CCCCCCCCCCCCCCCC. The van der Waals surface area contributed by atoms with Gasteiger partial charge >= 0.3 is 6.10 Å². The first kappa shape index (κ1) is 26.6. The van der Waals surface area contributed by atoms with E-state index >= 15 is 0 Å². The van der Waals surface area contributed by atoms with Gasteiger partial charge in [0.05, 0.1) is 18.8 Å². The Bertz CT molecular complexity index is 358. The Morgan fingerprint density at radius 1 is 0.607 bits per heavy atom. The zero-order valence-corrected chi connectivity index (χ0v) is 18.6. The molecule has 0 heterocycles. The van der Waals surface area contributed by atoms with Gasteiger partial charge in [-0.1, -0.05) is 110 Å². The maximum atomic E-state index is 5.44. The quantitative estimate of drug-likeness (QED) is 0.108. The molecule has 164 valence electrons. The Kier molecular flexibility index (Phi) is 18.0. The fourth-order valence-corrected chi connectivity index (χ4v) is 3.35. The van der Waals surface area contributed by atoms with Crippen molar-refractivity contribution < 1.29 is 14.2 Å². The Labute approximate surface area is 174 Å². The molecule has 0 bridgehead atoms. The molecule has 0 fully saturated rings. The molecule has 4 nitrogen and oxygen atoms in total. The first-order valence-corrected chi connectivity index (χ1v) is 11.2. The predicted molar refractivity (Wildman–Crippen MR) is 120 cm³/mol. The minimum absolute atomic E-state index is 0.785. The van der Waals surface area contributed by atoms with Crippen molar-refractivity contribution in [3.05, 3.63) is 38.5 Å².